The molecule has 5 rings (SSSR count). The van der Waals surface area contributed by atoms with Crippen LogP contribution in [0, 0.1) is 12.7 Å². The molecule has 9 heteroatoms. The molecule has 1 aromatic carbocycles. The van der Waals surface area contributed by atoms with Gasteiger partial charge >= 0.3 is 6.03 Å². The molecule has 2 aromatic rings. The Bertz CT molecular complexity index is 1120. The van der Waals surface area contributed by atoms with E-state index in [1.165, 1.54) is 18.6 Å². The summed E-state index contributed by atoms with van der Waals surface area (Å²) >= 11 is 0. The van der Waals surface area contributed by atoms with Crippen LogP contribution in [0.2, 0.25) is 0 Å². The van der Waals surface area contributed by atoms with Gasteiger partial charge in [0, 0.05) is 43.2 Å². The van der Waals surface area contributed by atoms with E-state index in [1.54, 1.807) is 6.07 Å². The van der Waals surface area contributed by atoms with Crippen molar-refractivity contribution in [1.29, 1.82) is 0 Å². The van der Waals surface area contributed by atoms with Gasteiger partial charge in [0.1, 0.15) is 11.6 Å². The van der Waals surface area contributed by atoms with Crippen molar-refractivity contribution in [2.24, 2.45) is 0 Å². The van der Waals surface area contributed by atoms with Gasteiger partial charge in [0.15, 0.2) is 0 Å². The van der Waals surface area contributed by atoms with Gasteiger partial charge in [0.05, 0.1) is 12.2 Å². The van der Waals surface area contributed by atoms with Crippen molar-refractivity contribution in [2.45, 2.75) is 70.9 Å². The van der Waals surface area contributed by atoms with Crippen molar-refractivity contribution in [1.82, 2.24) is 20.2 Å². The van der Waals surface area contributed by atoms with E-state index in [1.807, 2.05) is 16.7 Å². The molecule has 3 heterocycles. The molecule has 2 N–H and O–H groups in total. The average molecular weight is 481 g/mol. The number of urea groups is 1. The standard InChI is InChI=1S/C26H33FN6O2/c1-17-15-18(27)10-11-20(17)23-21-16-29-26(35)33(19-7-3-2-4-8-19)24(21)31-25(30-23)28-12-6-14-32-13-5-9-22(32)34/h10-11,15,19H,2-9,12-14,16H2,1H3,(H,29,35)(H,28,30,31). The number of anilines is 2. The summed E-state index contributed by atoms with van der Waals surface area (Å²) < 4.78 is 13.9. The lowest BCUT2D eigenvalue weighted by molar-refractivity contribution is -0.127. The molecule has 3 amide bonds. The first-order valence-electron chi connectivity index (χ1n) is 12.8. The monoisotopic (exact) mass is 480 g/mol. The summed E-state index contributed by atoms with van der Waals surface area (Å²) in [5.74, 6) is 1.02. The number of amides is 3. The van der Waals surface area contributed by atoms with Gasteiger partial charge in [0.25, 0.3) is 0 Å². The minimum absolute atomic E-state index is 0.105. The highest BCUT2D eigenvalue weighted by Crippen LogP contribution is 2.37. The Morgan fingerprint density at radius 2 is 1.97 bits per heavy atom. The Hall–Kier alpha value is -3.23. The third-order valence-electron chi connectivity index (χ3n) is 7.29. The Morgan fingerprint density at radius 3 is 2.71 bits per heavy atom. The van der Waals surface area contributed by atoms with E-state index in [-0.39, 0.29) is 23.8 Å². The quantitative estimate of drug-likeness (QED) is 0.574. The van der Waals surface area contributed by atoms with Crippen LogP contribution < -0.4 is 15.5 Å². The highest BCUT2D eigenvalue weighted by Gasteiger charge is 2.35. The molecule has 1 aromatic heterocycles. The van der Waals surface area contributed by atoms with Gasteiger partial charge in [-0.2, -0.15) is 4.98 Å². The van der Waals surface area contributed by atoms with Crippen molar-refractivity contribution >= 4 is 23.7 Å². The highest BCUT2D eigenvalue weighted by molar-refractivity contribution is 5.96. The maximum absolute atomic E-state index is 13.9. The summed E-state index contributed by atoms with van der Waals surface area (Å²) in [6.45, 7) is 4.35. The molecule has 2 fully saturated rings. The zero-order chi connectivity index (χ0) is 24.4. The van der Waals surface area contributed by atoms with Crippen LogP contribution >= 0.6 is 0 Å². The largest absolute Gasteiger partial charge is 0.354 e. The van der Waals surface area contributed by atoms with E-state index in [0.29, 0.717) is 43.5 Å². The molecule has 1 saturated heterocycles. The first-order valence-corrected chi connectivity index (χ1v) is 12.8. The third kappa shape index (κ3) is 4.94. The molecular weight excluding hydrogens is 447 g/mol. The van der Waals surface area contributed by atoms with Crippen molar-refractivity contribution in [2.75, 3.05) is 29.9 Å². The van der Waals surface area contributed by atoms with Crippen LogP contribution in [0.4, 0.5) is 21.0 Å². The number of nitrogens with one attached hydrogen (secondary N) is 2. The molecule has 0 atom stereocenters. The first kappa shape index (κ1) is 23.5. The molecule has 0 radical (unpaired) electrons. The van der Waals surface area contributed by atoms with Crippen LogP contribution in [0.15, 0.2) is 18.2 Å². The lowest BCUT2D eigenvalue weighted by Crippen LogP contribution is -2.51. The molecule has 2 aliphatic heterocycles. The molecule has 35 heavy (non-hydrogen) atoms. The van der Waals surface area contributed by atoms with Gasteiger partial charge in [0.2, 0.25) is 11.9 Å². The van der Waals surface area contributed by atoms with Crippen LogP contribution in [-0.4, -0.2) is 52.5 Å². The van der Waals surface area contributed by atoms with Crippen LogP contribution in [0.3, 0.4) is 0 Å². The van der Waals surface area contributed by atoms with Gasteiger partial charge in [-0.15, -0.1) is 0 Å². The molecule has 8 nitrogen and oxygen atoms in total. The summed E-state index contributed by atoms with van der Waals surface area (Å²) in [7, 11) is 0. The van der Waals surface area contributed by atoms with Gasteiger partial charge in [-0.3, -0.25) is 9.69 Å². The van der Waals surface area contributed by atoms with Crippen molar-refractivity contribution in [3.63, 3.8) is 0 Å². The number of rotatable bonds is 7. The molecule has 0 bridgehead atoms. The van der Waals surface area contributed by atoms with E-state index >= 15 is 0 Å². The molecular formula is C26H33FN6O2. The summed E-state index contributed by atoms with van der Waals surface area (Å²) in [6, 6.07) is 4.68. The summed E-state index contributed by atoms with van der Waals surface area (Å²) in [5.41, 5.74) is 3.18. The molecule has 0 spiro atoms. The second-order valence-electron chi connectivity index (χ2n) is 9.74. The van der Waals surface area contributed by atoms with Crippen molar-refractivity contribution in [3.05, 3.63) is 35.1 Å². The zero-order valence-electron chi connectivity index (χ0n) is 20.3. The number of hydrogen-bond acceptors (Lipinski definition) is 5. The fourth-order valence-electron chi connectivity index (χ4n) is 5.46. The maximum Gasteiger partial charge on any atom is 0.323 e. The minimum Gasteiger partial charge on any atom is -0.354 e. The highest BCUT2D eigenvalue weighted by atomic mass is 19.1. The average Bonchev–Trinajstić information content (AvgIpc) is 3.26. The van der Waals surface area contributed by atoms with Gasteiger partial charge in [-0.1, -0.05) is 19.3 Å². The third-order valence-corrected chi connectivity index (χ3v) is 7.29. The minimum atomic E-state index is -0.291. The Morgan fingerprint density at radius 1 is 1.14 bits per heavy atom. The fourth-order valence-corrected chi connectivity index (χ4v) is 5.46. The number of hydrogen-bond donors (Lipinski definition) is 2. The SMILES string of the molecule is Cc1cc(F)ccc1-c1nc(NCCCN2CCCC2=O)nc2c1CNC(=O)N2C1CCCCC1. The molecule has 0 unspecified atom stereocenters. The Kier molecular flexibility index (Phi) is 6.83. The predicted molar refractivity (Wildman–Crippen MR) is 133 cm³/mol. The number of carbonyl (C=O) groups excluding carboxylic acids is 2. The van der Waals surface area contributed by atoms with E-state index in [9.17, 15) is 14.0 Å². The second-order valence-corrected chi connectivity index (χ2v) is 9.74. The molecule has 1 aliphatic carbocycles. The first-order chi connectivity index (χ1) is 17.0. The number of halogens is 1. The number of aryl methyl sites for hydroxylation is 1. The van der Waals surface area contributed by atoms with E-state index in [2.05, 4.69) is 10.6 Å². The maximum atomic E-state index is 13.9. The summed E-state index contributed by atoms with van der Waals surface area (Å²) in [6.07, 6.45) is 7.64. The molecule has 1 saturated carbocycles. The number of nitrogens with zero attached hydrogens (tertiary/aromatic N) is 4. The zero-order valence-corrected chi connectivity index (χ0v) is 20.3. The number of likely N-dealkylation sites (tertiary alicyclic amines) is 1. The topological polar surface area (TPSA) is 90.5 Å². The smallest absolute Gasteiger partial charge is 0.323 e. The van der Waals surface area contributed by atoms with Crippen LogP contribution in [0.25, 0.3) is 11.3 Å². The van der Waals surface area contributed by atoms with Crippen molar-refractivity contribution in [3.8, 4) is 11.3 Å². The summed E-state index contributed by atoms with van der Waals surface area (Å²) in [4.78, 5) is 38.3. The number of benzene rings is 1. The Balaban J connectivity index is 1.46. The van der Waals surface area contributed by atoms with Crippen LogP contribution in [-0.2, 0) is 11.3 Å². The van der Waals surface area contributed by atoms with Crippen LogP contribution in [0.5, 0.6) is 0 Å². The van der Waals surface area contributed by atoms with Gasteiger partial charge < -0.3 is 15.5 Å². The Labute approximate surface area is 205 Å². The number of fused-ring (bicyclic) bond motifs is 1. The van der Waals surface area contributed by atoms with Crippen molar-refractivity contribution < 1.29 is 14.0 Å². The predicted octanol–water partition coefficient (Wildman–Crippen LogP) is 4.38. The normalized spacial score (nSPS) is 18.6. The lowest BCUT2D eigenvalue weighted by Gasteiger charge is -2.37. The van der Waals surface area contributed by atoms with E-state index in [0.717, 1.165) is 61.8 Å². The second kappa shape index (κ2) is 10.2. The number of carbonyl (C=O) groups is 2. The summed E-state index contributed by atoms with van der Waals surface area (Å²) in [5, 5.41) is 6.33. The van der Waals surface area contributed by atoms with Crippen LogP contribution in [0.1, 0.15) is 62.5 Å². The molecule has 186 valence electrons. The number of aromatic nitrogens is 2. The van der Waals surface area contributed by atoms with E-state index < -0.39 is 0 Å². The van der Waals surface area contributed by atoms with Gasteiger partial charge in [-0.25, -0.2) is 14.2 Å². The fraction of sp³-hybridized carbons (Fsp3) is 0.538. The molecule has 3 aliphatic rings. The van der Waals surface area contributed by atoms with Gasteiger partial charge in [-0.05, 0) is 56.4 Å². The lowest BCUT2D eigenvalue weighted by atomic mass is 9.93. The van der Waals surface area contributed by atoms with E-state index in [4.69, 9.17) is 9.97 Å².